The maximum atomic E-state index is 11.8. The van der Waals surface area contributed by atoms with Crippen LogP contribution in [0.3, 0.4) is 0 Å². The first kappa shape index (κ1) is 12.5. The van der Waals surface area contributed by atoms with Crippen LogP contribution >= 0.6 is 0 Å². The van der Waals surface area contributed by atoms with Gasteiger partial charge in [0.15, 0.2) is 0 Å². The van der Waals surface area contributed by atoms with E-state index in [1.54, 1.807) is 0 Å². The van der Waals surface area contributed by atoms with Gasteiger partial charge in [-0.3, -0.25) is 4.79 Å². The van der Waals surface area contributed by atoms with Crippen LogP contribution < -0.4 is 5.48 Å². The van der Waals surface area contributed by atoms with Gasteiger partial charge < -0.3 is 9.74 Å². The van der Waals surface area contributed by atoms with Gasteiger partial charge in [0.1, 0.15) is 6.04 Å². The second kappa shape index (κ2) is 6.08. The van der Waals surface area contributed by atoms with E-state index in [4.69, 9.17) is 4.84 Å². The van der Waals surface area contributed by atoms with Gasteiger partial charge in [0, 0.05) is 13.1 Å². The lowest BCUT2D eigenvalue weighted by Gasteiger charge is -2.21. The number of nitrogens with zero attached hydrogens (tertiary/aromatic N) is 1. The van der Waals surface area contributed by atoms with Crippen molar-refractivity contribution >= 4 is 5.91 Å². The molecule has 1 atom stereocenters. The minimum absolute atomic E-state index is 0.149. The fraction of sp³-hybridized carbons (Fsp3) is 0.909. The van der Waals surface area contributed by atoms with Crippen LogP contribution in [0.4, 0.5) is 0 Å². The molecule has 0 aromatic rings. The van der Waals surface area contributed by atoms with Gasteiger partial charge in [0.2, 0.25) is 5.91 Å². The number of carbonyl (C=O) groups excluding carboxylic acids is 1. The third-order valence-electron chi connectivity index (χ3n) is 2.46. The van der Waals surface area contributed by atoms with E-state index < -0.39 is 0 Å². The zero-order chi connectivity index (χ0) is 11.3. The van der Waals surface area contributed by atoms with E-state index in [1.165, 1.54) is 0 Å². The fourth-order valence-electron chi connectivity index (χ4n) is 1.60. The fourth-order valence-corrected chi connectivity index (χ4v) is 1.60. The standard InChI is InChI=1S/C11H22N2O2/c1-9(2)8-15-12-10(3)11(14)13-6-4-5-7-13/h9-10,12H,4-8H2,1-3H3. The molecule has 1 amide bonds. The smallest absolute Gasteiger partial charge is 0.241 e. The highest BCUT2D eigenvalue weighted by molar-refractivity contribution is 5.81. The Morgan fingerprint density at radius 3 is 2.47 bits per heavy atom. The number of hydrogen-bond acceptors (Lipinski definition) is 3. The minimum atomic E-state index is -0.234. The highest BCUT2D eigenvalue weighted by Gasteiger charge is 2.22. The maximum Gasteiger partial charge on any atom is 0.241 e. The zero-order valence-electron chi connectivity index (χ0n) is 9.95. The average molecular weight is 214 g/mol. The summed E-state index contributed by atoms with van der Waals surface area (Å²) in [7, 11) is 0. The average Bonchev–Trinajstić information content (AvgIpc) is 2.68. The van der Waals surface area contributed by atoms with E-state index in [9.17, 15) is 4.79 Å². The summed E-state index contributed by atoms with van der Waals surface area (Å²) in [6.45, 7) is 8.44. The van der Waals surface area contributed by atoms with E-state index in [0.717, 1.165) is 25.9 Å². The lowest BCUT2D eigenvalue weighted by molar-refractivity contribution is -0.136. The Morgan fingerprint density at radius 2 is 1.93 bits per heavy atom. The Kier molecular flexibility index (Phi) is 5.05. The highest BCUT2D eigenvalue weighted by atomic mass is 16.6. The third kappa shape index (κ3) is 4.18. The number of amides is 1. The molecule has 1 aliphatic heterocycles. The predicted octanol–water partition coefficient (Wildman–Crippen LogP) is 1.17. The number of hydroxylamine groups is 1. The summed E-state index contributed by atoms with van der Waals surface area (Å²) in [6, 6.07) is -0.234. The molecule has 0 saturated carbocycles. The molecule has 4 nitrogen and oxygen atoms in total. The van der Waals surface area contributed by atoms with Crippen LogP contribution in [0.5, 0.6) is 0 Å². The second-order valence-electron chi connectivity index (χ2n) is 4.58. The van der Waals surface area contributed by atoms with Crippen molar-refractivity contribution in [2.45, 2.75) is 39.7 Å². The number of hydrogen-bond donors (Lipinski definition) is 1. The van der Waals surface area contributed by atoms with E-state index in [2.05, 4.69) is 19.3 Å². The summed E-state index contributed by atoms with van der Waals surface area (Å²) in [6.07, 6.45) is 2.26. The number of rotatable bonds is 5. The predicted molar refractivity (Wildman–Crippen MR) is 59.2 cm³/mol. The largest absolute Gasteiger partial charge is 0.341 e. The van der Waals surface area contributed by atoms with Crippen molar-refractivity contribution in [2.24, 2.45) is 5.92 Å². The van der Waals surface area contributed by atoms with Crippen molar-refractivity contribution in [1.29, 1.82) is 0 Å². The lowest BCUT2D eigenvalue weighted by atomic mass is 10.2. The third-order valence-corrected chi connectivity index (χ3v) is 2.46. The molecule has 0 aromatic heterocycles. The summed E-state index contributed by atoms with van der Waals surface area (Å²) in [5, 5.41) is 0. The molecule has 15 heavy (non-hydrogen) atoms. The molecular formula is C11H22N2O2. The normalized spacial score (nSPS) is 18.5. The molecule has 0 aromatic carbocycles. The molecule has 1 saturated heterocycles. The monoisotopic (exact) mass is 214 g/mol. The molecular weight excluding hydrogens is 192 g/mol. The lowest BCUT2D eigenvalue weighted by Crippen LogP contribution is -2.43. The van der Waals surface area contributed by atoms with E-state index >= 15 is 0 Å². The molecule has 0 radical (unpaired) electrons. The highest BCUT2D eigenvalue weighted by Crippen LogP contribution is 2.08. The van der Waals surface area contributed by atoms with Gasteiger partial charge in [0.25, 0.3) is 0 Å². The molecule has 4 heteroatoms. The van der Waals surface area contributed by atoms with Crippen LogP contribution in [0, 0.1) is 5.92 Å². The van der Waals surface area contributed by atoms with Crippen LogP contribution in [0.15, 0.2) is 0 Å². The van der Waals surface area contributed by atoms with Gasteiger partial charge >= 0.3 is 0 Å². The minimum Gasteiger partial charge on any atom is -0.341 e. The molecule has 0 aliphatic carbocycles. The topological polar surface area (TPSA) is 41.6 Å². The van der Waals surface area contributed by atoms with Crippen LogP contribution in [0.25, 0.3) is 0 Å². The van der Waals surface area contributed by atoms with Crippen molar-refractivity contribution in [3.05, 3.63) is 0 Å². The molecule has 1 heterocycles. The molecule has 88 valence electrons. The quantitative estimate of drug-likeness (QED) is 0.699. The summed E-state index contributed by atoms with van der Waals surface area (Å²) in [4.78, 5) is 18.9. The van der Waals surface area contributed by atoms with Crippen molar-refractivity contribution < 1.29 is 9.63 Å². The Bertz CT molecular complexity index is 201. The van der Waals surface area contributed by atoms with Gasteiger partial charge in [-0.25, -0.2) is 0 Å². The second-order valence-corrected chi connectivity index (χ2v) is 4.58. The first-order chi connectivity index (χ1) is 7.11. The Morgan fingerprint density at radius 1 is 1.33 bits per heavy atom. The van der Waals surface area contributed by atoms with Crippen LogP contribution in [0.2, 0.25) is 0 Å². The Balaban J connectivity index is 2.20. The number of likely N-dealkylation sites (tertiary alicyclic amines) is 1. The summed E-state index contributed by atoms with van der Waals surface area (Å²) in [5.41, 5.74) is 2.80. The molecule has 1 fully saturated rings. The van der Waals surface area contributed by atoms with Crippen molar-refractivity contribution in [3.8, 4) is 0 Å². The summed E-state index contributed by atoms with van der Waals surface area (Å²) >= 11 is 0. The van der Waals surface area contributed by atoms with E-state index in [1.807, 2.05) is 11.8 Å². The van der Waals surface area contributed by atoms with Gasteiger partial charge in [-0.2, -0.15) is 5.48 Å². The van der Waals surface area contributed by atoms with Gasteiger partial charge in [0.05, 0.1) is 6.61 Å². The first-order valence-electron chi connectivity index (χ1n) is 5.77. The summed E-state index contributed by atoms with van der Waals surface area (Å²) in [5.74, 6) is 0.628. The number of carbonyl (C=O) groups is 1. The molecule has 0 bridgehead atoms. The molecule has 0 spiro atoms. The Labute approximate surface area is 91.9 Å². The molecule has 1 unspecified atom stereocenters. The SMILES string of the molecule is CC(C)CONC(C)C(=O)N1CCCC1. The van der Waals surface area contributed by atoms with Crippen LogP contribution in [-0.4, -0.2) is 36.5 Å². The molecule has 1 rings (SSSR count). The van der Waals surface area contributed by atoms with E-state index in [-0.39, 0.29) is 11.9 Å². The van der Waals surface area contributed by atoms with Crippen molar-refractivity contribution in [2.75, 3.05) is 19.7 Å². The zero-order valence-corrected chi connectivity index (χ0v) is 9.95. The van der Waals surface area contributed by atoms with Crippen molar-refractivity contribution in [3.63, 3.8) is 0 Å². The van der Waals surface area contributed by atoms with Crippen LogP contribution in [0.1, 0.15) is 33.6 Å². The molecule has 1 N–H and O–H groups in total. The Hall–Kier alpha value is -0.610. The van der Waals surface area contributed by atoms with Crippen molar-refractivity contribution in [1.82, 2.24) is 10.4 Å². The van der Waals surface area contributed by atoms with Crippen LogP contribution in [-0.2, 0) is 9.63 Å². The van der Waals surface area contributed by atoms with E-state index in [0.29, 0.717) is 12.5 Å². The first-order valence-corrected chi connectivity index (χ1v) is 5.77. The van der Waals surface area contributed by atoms with Gasteiger partial charge in [-0.15, -0.1) is 0 Å². The molecule has 1 aliphatic rings. The number of nitrogens with one attached hydrogen (secondary N) is 1. The maximum absolute atomic E-state index is 11.8. The van der Waals surface area contributed by atoms with Gasteiger partial charge in [-0.1, -0.05) is 13.8 Å². The summed E-state index contributed by atoms with van der Waals surface area (Å²) < 4.78 is 0. The van der Waals surface area contributed by atoms with Gasteiger partial charge in [-0.05, 0) is 25.7 Å².